The minimum absolute atomic E-state index is 0.849. The smallest absolute Gasteiger partial charge is 0.186 e. The van der Waals surface area contributed by atoms with Gasteiger partial charge in [-0.05, 0) is 36.8 Å². The van der Waals surface area contributed by atoms with Crippen LogP contribution in [0.1, 0.15) is 12.8 Å². The summed E-state index contributed by atoms with van der Waals surface area (Å²) in [5, 5.41) is 1.21. The van der Waals surface area contributed by atoms with Crippen molar-refractivity contribution >= 4 is 26.7 Å². The van der Waals surface area contributed by atoms with E-state index >= 15 is 0 Å². The van der Waals surface area contributed by atoms with Crippen molar-refractivity contribution in [1.82, 2.24) is 4.98 Å². The Labute approximate surface area is 111 Å². The van der Waals surface area contributed by atoms with Crippen molar-refractivity contribution in [3.63, 3.8) is 0 Å². The lowest BCUT2D eigenvalue weighted by Gasteiger charge is -2.17. The van der Waals surface area contributed by atoms with Gasteiger partial charge in [0.1, 0.15) is 0 Å². The third kappa shape index (κ3) is 1.65. The highest BCUT2D eigenvalue weighted by Crippen LogP contribution is 2.38. The first-order chi connectivity index (χ1) is 8.90. The van der Waals surface area contributed by atoms with Crippen molar-refractivity contribution in [2.24, 2.45) is 11.8 Å². The second-order valence-corrected chi connectivity index (χ2v) is 6.34. The Hall–Kier alpha value is -1.35. The quantitative estimate of drug-likeness (QED) is 0.723. The number of fused-ring (bicyclic) bond motifs is 2. The highest BCUT2D eigenvalue weighted by atomic mass is 32.1. The van der Waals surface area contributed by atoms with Gasteiger partial charge in [0.2, 0.25) is 0 Å². The average molecular weight is 256 g/mol. The van der Waals surface area contributed by atoms with Crippen molar-refractivity contribution in [1.29, 1.82) is 0 Å². The van der Waals surface area contributed by atoms with Crippen LogP contribution >= 0.6 is 11.3 Å². The molecule has 1 aliphatic heterocycles. The Kier molecular flexibility index (Phi) is 2.40. The maximum absolute atomic E-state index is 4.78. The first-order valence-corrected chi connectivity index (χ1v) is 7.47. The number of anilines is 1. The molecule has 92 valence electrons. The summed E-state index contributed by atoms with van der Waals surface area (Å²) in [4.78, 5) is 7.27. The molecule has 4 rings (SSSR count). The minimum atomic E-state index is 0.849. The van der Waals surface area contributed by atoms with E-state index < -0.39 is 0 Å². The van der Waals surface area contributed by atoms with Crippen LogP contribution in [0.2, 0.25) is 0 Å². The Morgan fingerprint density at radius 2 is 1.78 bits per heavy atom. The van der Waals surface area contributed by atoms with Crippen molar-refractivity contribution in [3.8, 4) is 0 Å². The molecule has 18 heavy (non-hydrogen) atoms. The lowest BCUT2D eigenvalue weighted by atomic mass is 9.86. The lowest BCUT2D eigenvalue weighted by Crippen LogP contribution is -2.19. The van der Waals surface area contributed by atoms with E-state index in [0.717, 1.165) is 17.4 Å². The van der Waals surface area contributed by atoms with Crippen LogP contribution in [-0.4, -0.2) is 18.1 Å². The molecule has 2 aliphatic rings. The summed E-state index contributed by atoms with van der Waals surface area (Å²) in [6.45, 7) is 2.38. The van der Waals surface area contributed by atoms with Crippen LogP contribution in [-0.2, 0) is 0 Å². The van der Waals surface area contributed by atoms with Gasteiger partial charge in [-0.3, -0.25) is 0 Å². The molecule has 0 spiro atoms. The number of benzene rings is 1. The molecule has 2 atom stereocenters. The van der Waals surface area contributed by atoms with Crippen LogP contribution in [0.3, 0.4) is 0 Å². The summed E-state index contributed by atoms with van der Waals surface area (Å²) < 4.78 is 1.31. The van der Waals surface area contributed by atoms with Crippen molar-refractivity contribution < 1.29 is 0 Å². The number of thiazole rings is 1. The van der Waals surface area contributed by atoms with Gasteiger partial charge < -0.3 is 4.90 Å². The molecule has 2 heterocycles. The molecule has 0 amide bonds. The number of allylic oxidation sites excluding steroid dienone is 2. The lowest BCUT2D eigenvalue weighted by molar-refractivity contribution is 0.411. The predicted molar refractivity (Wildman–Crippen MR) is 77.2 cm³/mol. The maximum atomic E-state index is 4.78. The second kappa shape index (κ2) is 4.09. The van der Waals surface area contributed by atoms with Crippen molar-refractivity contribution in [3.05, 3.63) is 36.4 Å². The van der Waals surface area contributed by atoms with Gasteiger partial charge in [-0.2, -0.15) is 0 Å². The number of aromatic nitrogens is 1. The molecule has 3 heteroatoms. The first-order valence-electron chi connectivity index (χ1n) is 6.66. The molecule has 0 saturated carbocycles. The summed E-state index contributed by atoms with van der Waals surface area (Å²) >= 11 is 1.83. The zero-order chi connectivity index (χ0) is 11.9. The SMILES string of the molecule is C1=CCC2CN(c3nc4ccccc4s3)CC2C1. The molecule has 0 radical (unpaired) electrons. The molecular weight excluding hydrogens is 240 g/mol. The third-order valence-corrected chi connectivity index (χ3v) is 5.27. The van der Waals surface area contributed by atoms with Crippen molar-refractivity contribution in [2.75, 3.05) is 18.0 Å². The van der Waals surface area contributed by atoms with E-state index in [1.165, 1.54) is 35.8 Å². The minimum Gasteiger partial charge on any atom is -0.347 e. The van der Waals surface area contributed by atoms with Crippen LogP contribution in [0.4, 0.5) is 5.13 Å². The topological polar surface area (TPSA) is 16.1 Å². The Morgan fingerprint density at radius 1 is 1.06 bits per heavy atom. The molecule has 1 fully saturated rings. The largest absolute Gasteiger partial charge is 0.347 e. The zero-order valence-electron chi connectivity index (χ0n) is 10.2. The molecular formula is C15H16N2S. The van der Waals surface area contributed by atoms with E-state index in [1.807, 2.05) is 11.3 Å². The molecule has 2 nitrogen and oxygen atoms in total. The number of hydrogen-bond donors (Lipinski definition) is 0. The van der Waals surface area contributed by atoms with E-state index in [1.54, 1.807) is 0 Å². The number of nitrogens with zero attached hydrogens (tertiary/aromatic N) is 2. The summed E-state index contributed by atoms with van der Waals surface area (Å²) in [7, 11) is 0. The monoisotopic (exact) mass is 256 g/mol. The van der Waals surface area contributed by atoms with Crippen LogP contribution < -0.4 is 4.90 Å². The van der Waals surface area contributed by atoms with E-state index in [9.17, 15) is 0 Å². The summed E-state index contributed by atoms with van der Waals surface area (Å²) in [5.41, 5.74) is 1.14. The predicted octanol–water partition coefficient (Wildman–Crippen LogP) is 3.70. The fourth-order valence-electron chi connectivity index (χ4n) is 3.17. The summed E-state index contributed by atoms with van der Waals surface area (Å²) in [6.07, 6.45) is 7.21. The first kappa shape index (κ1) is 10.6. The molecule has 0 N–H and O–H groups in total. The molecule has 2 aromatic rings. The van der Waals surface area contributed by atoms with Gasteiger partial charge >= 0.3 is 0 Å². The second-order valence-electron chi connectivity index (χ2n) is 5.33. The fourth-order valence-corrected chi connectivity index (χ4v) is 4.15. The third-order valence-electron chi connectivity index (χ3n) is 4.17. The van der Waals surface area contributed by atoms with Gasteiger partial charge in [-0.15, -0.1) is 0 Å². The summed E-state index contributed by atoms with van der Waals surface area (Å²) in [6, 6.07) is 8.44. The van der Waals surface area contributed by atoms with Crippen LogP contribution in [0.5, 0.6) is 0 Å². The van der Waals surface area contributed by atoms with Crippen LogP contribution in [0.25, 0.3) is 10.2 Å². The average Bonchev–Trinajstić information content (AvgIpc) is 3.02. The molecule has 1 aromatic heterocycles. The number of rotatable bonds is 1. The van der Waals surface area contributed by atoms with Gasteiger partial charge in [-0.1, -0.05) is 35.6 Å². The van der Waals surface area contributed by atoms with Crippen LogP contribution in [0, 0.1) is 11.8 Å². The molecule has 1 aliphatic carbocycles. The highest BCUT2D eigenvalue weighted by Gasteiger charge is 2.33. The standard InChI is InChI=1S/C15H16N2S/c1-2-6-12-10-17(9-11(12)5-1)15-16-13-7-3-4-8-14(13)18-15/h1-4,7-8,11-12H,5-6,9-10H2. The van der Waals surface area contributed by atoms with Gasteiger partial charge in [0, 0.05) is 13.1 Å². The zero-order valence-corrected chi connectivity index (χ0v) is 11.1. The van der Waals surface area contributed by atoms with Gasteiger partial charge in [0.25, 0.3) is 0 Å². The van der Waals surface area contributed by atoms with Gasteiger partial charge in [0.05, 0.1) is 10.2 Å². The van der Waals surface area contributed by atoms with E-state index in [-0.39, 0.29) is 0 Å². The Morgan fingerprint density at radius 3 is 2.50 bits per heavy atom. The molecule has 1 saturated heterocycles. The fraction of sp³-hybridized carbons (Fsp3) is 0.400. The van der Waals surface area contributed by atoms with Crippen LogP contribution in [0.15, 0.2) is 36.4 Å². The maximum Gasteiger partial charge on any atom is 0.186 e. The van der Waals surface area contributed by atoms with E-state index in [2.05, 4.69) is 41.3 Å². The Bertz CT molecular complexity index is 552. The molecule has 2 unspecified atom stereocenters. The molecule has 1 aromatic carbocycles. The normalized spacial score (nSPS) is 26.8. The van der Waals surface area contributed by atoms with E-state index in [0.29, 0.717) is 0 Å². The molecule has 0 bridgehead atoms. The number of para-hydroxylation sites is 1. The summed E-state index contributed by atoms with van der Waals surface area (Å²) in [5.74, 6) is 1.70. The van der Waals surface area contributed by atoms with Gasteiger partial charge in [-0.25, -0.2) is 4.98 Å². The van der Waals surface area contributed by atoms with Gasteiger partial charge in [0.15, 0.2) is 5.13 Å². The highest BCUT2D eigenvalue weighted by molar-refractivity contribution is 7.22. The number of hydrogen-bond acceptors (Lipinski definition) is 3. The van der Waals surface area contributed by atoms with E-state index in [4.69, 9.17) is 4.98 Å². The Balaban J connectivity index is 1.64. The van der Waals surface area contributed by atoms with Crippen molar-refractivity contribution in [2.45, 2.75) is 12.8 Å².